The predicted molar refractivity (Wildman–Crippen MR) is 125 cm³/mol. The number of rotatable bonds is 4. The van der Waals surface area contributed by atoms with E-state index in [1.54, 1.807) is 12.0 Å². The standard InChI is InChI=1S/C24H23BrN4O3/c1-32-18-11-5-15(6-12-18)19-14-29(24(31)22-21(19)23(25)27-26-22)17-9-7-16(8-10-17)28-13-3-2-4-20(28)30/h5-12,19H,2-4,13-14H2,1H3,(H,26,27). The molecule has 1 unspecified atom stereocenters. The van der Waals surface area contributed by atoms with Crippen LogP contribution in [-0.2, 0) is 4.79 Å². The Kier molecular flexibility index (Phi) is 5.46. The van der Waals surface area contributed by atoms with Gasteiger partial charge in [0.15, 0.2) is 0 Å². The number of benzene rings is 2. The van der Waals surface area contributed by atoms with E-state index in [9.17, 15) is 9.59 Å². The van der Waals surface area contributed by atoms with Crippen molar-refractivity contribution in [2.45, 2.75) is 25.2 Å². The zero-order valence-corrected chi connectivity index (χ0v) is 19.3. The molecular formula is C24H23BrN4O3. The summed E-state index contributed by atoms with van der Waals surface area (Å²) in [5.74, 6) is 0.770. The second kappa shape index (κ2) is 8.43. The molecule has 0 radical (unpaired) electrons. The molecule has 1 aromatic heterocycles. The average molecular weight is 495 g/mol. The summed E-state index contributed by atoms with van der Waals surface area (Å²) in [6.07, 6.45) is 2.55. The van der Waals surface area contributed by atoms with Crippen molar-refractivity contribution in [3.63, 3.8) is 0 Å². The first-order chi connectivity index (χ1) is 15.6. The van der Waals surface area contributed by atoms with E-state index in [4.69, 9.17) is 4.74 Å². The molecule has 1 saturated heterocycles. The molecule has 164 valence electrons. The van der Waals surface area contributed by atoms with Crippen molar-refractivity contribution in [2.75, 3.05) is 30.0 Å². The van der Waals surface area contributed by atoms with E-state index in [1.807, 2.05) is 53.4 Å². The van der Waals surface area contributed by atoms with E-state index in [-0.39, 0.29) is 17.7 Å². The molecule has 5 rings (SSSR count). The molecule has 1 fully saturated rings. The fourth-order valence-corrected chi connectivity index (χ4v) is 5.09. The third kappa shape index (κ3) is 3.58. The Morgan fingerprint density at radius 2 is 1.69 bits per heavy atom. The number of H-pyrrole nitrogens is 1. The fourth-order valence-electron chi connectivity index (χ4n) is 4.52. The van der Waals surface area contributed by atoms with Crippen LogP contribution >= 0.6 is 15.9 Å². The molecule has 0 bridgehead atoms. The number of aromatic nitrogens is 2. The molecule has 2 amide bonds. The van der Waals surface area contributed by atoms with Crippen molar-refractivity contribution in [1.29, 1.82) is 0 Å². The van der Waals surface area contributed by atoms with Gasteiger partial charge in [-0.1, -0.05) is 12.1 Å². The number of nitrogens with one attached hydrogen (secondary N) is 1. The molecule has 32 heavy (non-hydrogen) atoms. The van der Waals surface area contributed by atoms with Gasteiger partial charge in [0.2, 0.25) is 5.91 Å². The van der Waals surface area contributed by atoms with E-state index < -0.39 is 0 Å². The molecule has 2 aromatic carbocycles. The lowest BCUT2D eigenvalue weighted by atomic mass is 9.87. The van der Waals surface area contributed by atoms with E-state index in [0.29, 0.717) is 23.3 Å². The zero-order valence-electron chi connectivity index (χ0n) is 17.7. The van der Waals surface area contributed by atoms with Gasteiger partial charge >= 0.3 is 0 Å². The van der Waals surface area contributed by atoms with Crippen LogP contribution in [0.1, 0.15) is 46.8 Å². The van der Waals surface area contributed by atoms with Gasteiger partial charge < -0.3 is 14.5 Å². The number of ether oxygens (including phenoxy) is 1. The van der Waals surface area contributed by atoms with E-state index in [0.717, 1.165) is 47.6 Å². The molecule has 1 atom stereocenters. The number of halogens is 1. The Balaban J connectivity index is 1.48. The van der Waals surface area contributed by atoms with Crippen molar-refractivity contribution >= 4 is 39.1 Å². The summed E-state index contributed by atoms with van der Waals surface area (Å²) < 4.78 is 5.94. The van der Waals surface area contributed by atoms with Crippen molar-refractivity contribution < 1.29 is 14.3 Å². The minimum absolute atomic E-state index is 0.0509. The molecule has 1 N–H and O–H groups in total. The molecule has 2 aliphatic rings. The minimum atomic E-state index is -0.121. The summed E-state index contributed by atoms with van der Waals surface area (Å²) in [5.41, 5.74) is 4.09. The highest BCUT2D eigenvalue weighted by atomic mass is 79.9. The van der Waals surface area contributed by atoms with E-state index in [2.05, 4.69) is 26.1 Å². The number of methoxy groups -OCH3 is 1. The SMILES string of the molecule is COc1ccc(C2CN(c3ccc(N4CCCCC4=O)cc3)C(=O)c3[nH]nc(Br)c32)cc1. The Labute approximate surface area is 194 Å². The van der Waals surface area contributed by atoms with Crippen LogP contribution in [0, 0.1) is 0 Å². The topological polar surface area (TPSA) is 78.5 Å². The third-order valence-corrected chi connectivity index (χ3v) is 6.85. The Morgan fingerprint density at radius 1 is 1.00 bits per heavy atom. The van der Waals surface area contributed by atoms with Crippen molar-refractivity contribution in [3.8, 4) is 5.75 Å². The van der Waals surface area contributed by atoms with Gasteiger partial charge in [0.05, 0.1) is 7.11 Å². The summed E-state index contributed by atoms with van der Waals surface area (Å²) in [4.78, 5) is 29.1. The van der Waals surface area contributed by atoms with Gasteiger partial charge in [0, 0.05) is 42.4 Å². The number of piperidine rings is 1. The number of hydrogen-bond donors (Lipinski definition) is 1. The lowest BCUT2D eigenvalue weighted by molar-refractivity contribution is -0.119. The smallest absolute Gasteiger partial charge is 0.276 e. The maximum Gasteiger partial charge on any atom is 0.276 e. The molecule has 7 nitrogen and oxygen atoms in total. The van der Waals surface area contributed by atoms with Gasteiger partial charge in [-0.3, -0.25) is 14.7 Å². The van der Waals surface area contributed by atoms with Gasteiger partial charge in [-0.15, -0.1) is 0 Å². The van der Waals surface area contributed by atoms with E-state index in [1.165, 1.54) is 0 Å². The van der Waals surface area contributed by atoms with Crippen LogP contribution in [0.4, 0.5) is 11.4 Å². The Bertz CT molecular complexity index is 1160. The van der Waals surface area contributed by atoms with Gasteiger partial charge in [-0.05, 0) is 70.7 Å². The highest BCUT2D eigenvalue weighted by Crippen LogP contribution is 2.39. The first-order valence-electron chi connectivity index (χ1n) is 10.7. The van der Waals surface area contributed by atoms with Gasteiger partial charge in [-0.2, -0.15) is 5.10 Å². The van der Waals surface area contributed by atoms with Gasteiger partial charge in [0.25, 0.3) is 5.91 Å². The monoisotopic (exact) mass is 494 g/mol. The largest absolute Gasteiger partial charge is 0.497 e. The average Bonchev–Trinajstić information content (AvgIpc) is 3.22. The summed E-state index contributed by atoms with van der Waals surface area (Å²) in [6, 6.07) is 15.6. The normalized spacial score (nSPS) is 18.6. The number of aromatic amines is 1. The maximum absolute atomic E-state index is 13.3. The molecule has 3 heterocycles. The van der Waals surface area contributed by atoms with Crippen LogP contribution in [0.5, 0.6) is 5.75 Å². The first-order valence-corrected chi connectivity index (χ1v) is 11.5. The molecule has 2 aliphatic heterocycles. The Morgan fingerprint density at radius 3 is 2.34 bits per heavy atom. The van der Waals surface area contributed by atoms with Crippen molar-refractivity contribution in [1.82, 2.24) is 10.2 Å². The fraction of sp³-hybridized carbons (Fsp3) is 0.292. The van der Waals surface area contributed by atoms with Crippen LogP contribution in [0.15, 0.2) is 53.1 Å². The highest BCUT2D eigenvalue weighted by Gasteiger charge is 2.37. The number of amides is 2. The van der Waals surface area contributed by atoms with Gasteiger partial charge in [-0.25, -0.2) is 0 Å². The number of hydrogen-bond acceptors (Lipinski definition) is 4. The highest BCUT2D eigenvalue weighted by molar-refractivity contribution is 9.10. The summed E-state index contributed by atoms with van der Waals surface area (Å²) in [7, 11) is 1.64. The number of fused-ring (bicyclic) bond motifs is 1. The molecule has 3 aromatic rings. The van der Waals surface area contributed by atoms with Crippen LogP contribution in [-0.4, -0.2) is 42.2 Å². The summed E-state index contributed by atoms with van der Waals surface area (Å²) in [6.45, 7) is 1.23. The van der Waals surface area contributed by atoms with Crippen LogP contribution < -0.4 is 14.5 Å². The third-order valence-electron chi connectivity index (χ3n) is 6.24. The number of carbonyl (C=O) groups is 2. The lowest BCUT2D eigenvalue weighted by Gasteiger charge is -2.33. The minimum Gasteiger partial charge on any atom is -0.497 e. The quantitative estimate of drug-likeness (QED) is 0.579. The number of carbonyl (C=O) groups excluding carboxylic acids is 2. The molecule has 8 heteroatoms. The Hall–Kier alpha value is -3.13. The number of anilines is 2. The molecule has 0 saturated carbocycles. The van der Waals surface area contributed by atoms with Crippen molar-refractivity contribution in [3.05, 3.63) is 70.0 Å². The van der Waals surface area contributed by atoms with Gasteiger partial charge in [0.1, 0.15) is 16.0 Å². The maximum atomic E-state index is 13.3. The predicted octanol–water partition coefficient (Wildman–Crippen LogP) is 4.49. The first kappa shape index (κ1) is 20.8. The van der Waals surface area contributed by atoms with E-state index >= 15 is 0 Å². The van der Waals surface area contributed by atoms with Crippen LogP contribution in [0.25, 0.3) is 0 Å². The number of nitrogens with zero attached hydrogens (tertiary/aromatic N) is 3. The summed E-state index contributed by atoms with van der Waals surface area (Å²) in [5, 5.41) is 7.15. The second-order valence-electron chi connectivity index (χ2n) is 8.06. The zero-order chi connectivity index (χ0) is 22.2. The van der Waals surface area contributed by atoms with Crippen LogP contribution in [0.2, 0.25) is 0 Å². The molecule has 0 aliphatic carbocycles. The molecule has 0 spiro atoms. The lowest BCUT2D eigenvalue weighted by Crippen LogP contribution is -2.40. The molecular weight excluding hydrogens is 472 g/mol. The summed E-state index contributed by atoms with van der Waals surface area (Å²) >= 11 is 3.51. The van der Waals surface area contributed by atoms with Crippen LogP contribution in [0.3, 0.4) is 0 Å². The second-order valence-corrected chi connectivity index (χ2v) is 8.81. The van der Waals surface area contributed by atoms with Crippen molar-refractivity contribution in [2.24, 2.45) is 0 Å².